The van der Waals surface area contributed by atoms with Crippen LogP contribution in [0.5, 0.6) is 5.75 Å². The first-order valence-corrected chi connectivity index (χ1v) is 5.83. The van der Waals surface area contributed by atoms with E-state index in [1.807, 2.05) is 0 Å². The summed E-state index contributed by atoms with van der Waals surface area (Å²) >= 11 is 0. The van der Waals surface area contributed by atoms with Crippen molar-refractivity contribution < 1.29 is 19.4 Å². The van der Waals surface area contributed by atoms with E-state index in [2.05, 4.69) is 0 Å². The lowest BCUT2D eigenvalue weighted by Gasteiger charge is -2.10. The van der Waals surface area contributed by atoms with E-state index in [9.17, 15) is 4.79 Å². The summed E-state index contributed by atoms with van der Waals surface area (Å²) in [4.78, 5) is 10.6. The van der Waals surface area contributed by atoms with Gasteiger partial charge in [0.2, 0.25) is 0 Å². The van der Waals surface area contributed by atoms with Crippen molar-refractivity contribution in [2.75, 3.05) is 13.2 Å². The molecule has 0 aromatic heterocycles. The largest absolute Gasteiger partial charge is 0.493 e. The van der Waals surface area contributed by atoms with E-state index in [4.69, 9.17) is 14.6 Å². The number of ether oxygens (including phenoxy) is 2. The topological polar surface area (TPSA) is 55.8 Å². The molecule has 0 bridgehead atoms. The molecule has 1 aliphatic rings. The van der Waals surface area contributed by atoms with E-state index < -0.39 is 5.97 Å². The first-order valence-electron chi connectivity index (χ1n) is 5.83. The Labute approximate surface area is 100 Å². The molecule has 1 aromatic carbocycles. The molecule has 0 aliphatic carbocycles. The van der Waals surface area contributed by atoms with Crippen molar-refractivity contribution in [1.29, 1.82) is 0 Å². The van der Waals surface area contributed by atoms with Crippen LogP contribution in [0, 0.1) is 0 Å². The van der Waals surface area contributed by atoms with Gasteiger partial charge in [0, 0.05) is 13.0 Å². The highest BCUT2D eigenvalue weighted by Crippen LogP contribution is 2.17. The van der Waals surface area contributed by atoms with Gasteiger partial charge >= 0.3 is 5.97 Å². The maximum atomic E-state index is 10.6. The SMILES string of the molecule is O=C(O)c1ccc(OCCC2CCCO2)cc1. The maximum absolute atomic E-state index is 10.6. The lowest BCUT2D eigenvalue weighted by molar-refractivity contribution is 0.0697. The molecule has 1 aromatic rings. The third-order valence-corrected chi connectivity index (χ3v) is 2.83. The minimum atomic E-state index is -0.920. The molecule has 4 heteroatoms. The highest BCUT2D eigenvalue weighted by atomic mass is 16.5. The monoisotopic (exact) mass is 236 g/mol. The molecule has 1 saturated heterocycles. The van der Waals surface area contributed by atoms with Crippen molar-refractivity contribution in [3.8, 4) is 5.75 Å². The van der Waals surface area contributed by atoms with Crippen molar-refractivity contribution >= 4 is 5.97 Å². The van der Waals surface area contributed by atoms with Crippen LogP contribution in [0.15, 0.2) is 24.3 Å². The van der Waals surface area contributed by atoms with Crippen LogP contribution < -0.4 is 4.74 Å². The number of hydrogen-bond donors (Lipinski definition) is 1. The fourth-order valence-corrected chi connectivity index (χ4v) is 1.87. The molecule has 0 radical (unpaired) electrons. The van der Waals surface area contributed by atoms with Gasteiger partial charge in [-0.05, 0) is 37.1 Å². The maximum Gasteiger partial charge on any atom is 0.335 e. The smallest absolute Gasteiger partial charge is 0.335 e. The molecular formula is C13H16O4. The van der Waals surface area contributed by atoms with Gasteiger partial charge in [-0.2, -0.15) is 0 Å². The normalized spacial score (nSPS) is 19.2. The summed E-state index contributed by atoms with van der Waals surface area (Å²) in [5, 5.41) is 8.74. The summed E-state index contributed by atoms with van der Waals surface area (Å²) in [5.41, 5.74) is 0.275. The second-order valence-electron chi connectivity index (χ2n) is 4.10. The van der Waals surface area contributed by atoms with E-state index >= 15 is 0 Å². The van der Waals surface area contributed by atoms with Crippen LogP contribution in [-0.4, -0.2) is 30.4 Å². The van der Waals surface area contributed by atoms with Gasteiger partial charge in [-0.3, -0.25) is 0 Å². The minimum absolute atomic E-state index is 0.275. The van der Waals surface area contributed by atoms with Gasteiger partial charge in [0.15, 0.2) is 0 Å². The van der Waals surface area contributed by atoms with Crippen LogP contribution in [0.2, 0.25) is 0 Å². The van der Waals surface area contributed by atoms with Gasteiger partial charge in [0.05, 0.1) is 18.3 Å². The van der Waals surface area contributed by atoms with Crippen molar-refractivity contribution in [1.82, 2.24) is 0 Å². The molecule has 92 valence electrons. The van der Waals surface area contributed by atoms with Gasteiger partial charge in [0.1, 0.15) is 5.75 Å². The van der Waals surface area contributed by atoms with Gasteiger partial charge in [0.25, 0.3) is 0 Å². The summed E-state index contributed by atoms with van der Waals surface area (Å²) in [7, 11) is 0. The van der Waals surface area contributed by atoms with Gasteiger partial charge in [-0.15, -0.1) is 0 Å². The van der Waals surface area contributed by atoms with Crippen molar-refractivity contribution in [2.45, 2.75) is 25.4 Å². The first kappa shape index (κ1) is 11.9. The number of carboxylic acids is 1. The van der Waals surface area contributed by atoms with E-state index in [0.717, 1.165) is 25.9 Å². The number of rotatable bonds is 5. The molecule has 1 atom stereocenters. The van der Waals surface area contributed by atoms with Gasteiger partial charge in [-0.1, -0.05) is 0 Å². The summed E-state index contributed by atoms with van der Waals surface area (Å²) in [5.74, 6) is -0.219. The first-order chi connectivity index (χ1) is 8.25. The third-order valence-electron chi connectivity index (χ3n) is 2.83. The number of carboxylic acid groups (broad SMARTS) is 1. The summed E-state index contributed by atoms with van der Waals surface area (Å²) < 4.78 is 11.0. The zero-order valence-corrected chi connectivity index (χ0v) is 9.59. The van der Waals surface area contributed by atoms with Crippen LogP contribution in [0.1, 0.15) is 29.6 Å². The molecule has 0 saturated carbocycles. The van der Waals surface area contributed by atoms with Gasteiger partial charge in [-0.25, -0.2) is 4.79 Å². The predicted octanol–water partition coefficient (Wildman–Crippen LogP) is 2.33. The number of aromatic carboxylic acids is 1. The Morgan fingerprint density at radius 1 is 1.41 bits per heavy atom. The zero-order valence-electron chi connectivity index (χ0n) is 9.59. The second-order valence-corrected chi connectivity index (χ2v) is 4.10. The highest BCUT2D eigenvalue weighted by Gasteiger charge is 2.14. The van der Waals surface area contributed by atoms with Crippen LogP contribution in [0.3, 0.4) is 0 Å². The average Bonchev–Trinajstić information content (AvgIpc) is 2.83. The number of carbonyl (C=O) groups is 1. The molecule has 2 rings (SSSR count). The summed E-state index contributed by atoms with van der Waals surface area (Å²) in [6, 6.07) is 6.45. The summed E-state index contributed by atoms with van der Waals surface area (Å²) in [6.45, 7) is 1.47. The standard InChI is InChI=1S/C13H16O4/c14-13(15)10-3-5-12(6-4-10)17-9-7-11-2-1-8-16-11/h3-6,11H,1-2,7-9H2,(H,14,15). The summed E-state index contributed by atoms with van der Waals surface area (Å²) in [6.07, 6.45) is 3.47. The Morgan fingerprint density at radius 2 is 2.18 bits per heavy atom. The fraction of sp³-hybridized carbons (Fsp3) is 0.462. The van der Waals surface area contributed by atoms with Crippen LogP contribution in [-0.2, 0) is 4.74 Å². The van der Waals surface area contributed by atoms with E-state index in [0.29, 0.717) is 18.5 Å². The average molecular weight is 236 g/mol. The van der Waals surface area contributed by atoms with Crippen LogP contribution in [0.25, 0.3) is 0 Å². The Kier molecular flexibility index (Phi) is 3.98. The highest BCUT2D eigenvalue weighted by molar-refractivity contribution is 5.87. The zero-order chi connectivity index (χ0) is 12.1. The second kappa shape index (κ2) is 5.68. The van der Waals surface area contributed by atoms with E-state index in [-0.39, 0.29) is 5.56 Å². The molecule has 1 heterocycles. The van der Waals surface area contributed by atoms with Crippen molar-refractivity contribution in [3.63, 3.8) is 0 Å². The van der Waals surface area contributed by atoms with Crippen LogP contribution in [0.4, 0.5) is 0 Å². The quantitative estimate of drug-likeness (QED) is 0.852. The molecule has 0 spiro atoms. The van der Waals surface area contributed by atoms with E-state index in [1.54, 1.807) is 24.3 Å². The predicted molar refractivity (Wildman–Crippen MR) is 62.5 cm³/mol. The van der Waals surface area contributed by atoms with Gasteiger partial charge < -0.3 is 14.6 Å². The molecular weight excluding hydrogens is 220 g/mol. The van der Waals surface area contributed by atoms with Crippen LogP contribution >= 0.6 is 0 Å². The minimum Gasteiger partial charge on any atom is -0.493 e. The lowest BCUT2D eigenvalue weighted by atomic mass is 10.2. The molecule has 1 fully saturated rings. The Balaban J connectivity index is 1.76. The Hall–Kier alpha value is -1.55. The molecule has 1 unspecified atom stereocenters. The van der Waals surface area contributed by atoms with Crippen molar-refractivity contribution in [2.24, 2.45) is 0 Å². The Bertz CT molecular complexity index is 366. The lowest BCUT2D eigenvalue weighted by Crippen LogP contribution is -2.10. The number of benzene rings is 1. The Morgan fingerprint density at radius 3 is 2.76 bits per heavy atom. The molecule has 17 heavy (non-hydrogen) atoms. The van der Waals surface area contributed by atoms with Crippen molar-refractivity contribution in [3.05, 3.63) is 29.8 Å². The molecule has 1 aliphatic heterocycles. The van der Waals surface area contributed by atoms with E-state index in [1.165, 1.54) is 0 Å². The third kappa shape index (κ3) is 3.46. The number of hydrogen-bond acceptors (Lipinski definition) is 3. The molecule has 1 N–H and O–H groups in total. The molecule has 0 amide bonds. The molecule has 4 nitrogen and oxygen atoms in total. The fourth-order valence-electron chi connectivity index (χ4n) is 1.87.